The largest absolute Gasteiger partial charge is 0.456 e. The summed E-state index contributed by atoms with van der Waals surface area (Å²) in [4.78, 5) is 0. The Kier molecular flexibility index (Phi) is 8.02. The smallest absolute Gasteiger partial charge is 0.135 e. The second-order valence-electron chi connectivity index (χ2n) is 17.2. The predicted octanol–water partition coefficient (Wildman–Crippen LogP) is 16.5. The van der Waals surface area contributed by atoms with E-state index in [1.807, 2.05) is 11.3 Å². The quantitative estimate of drug-likeness (QED) is 0.157. The van der Waals surface area contributed by atoms with Crippen LogP contribution in [-0.2, 0) is 11.8 Å². The van der Waals surface area contributed by atoms with Crippen LogP contribution in [0.25, 0.3) is 86.3 Å². The Morgan fingerprint density at radius 2 is 1.12 bits per heavy atom. The number of rotatable bonds is 7. The lowest BCUT2D eigenvalue weighted by molar-refractivity contribution is 0.659. The molecule has 9 aromatic carbocycles. The minimum atomic E-state index is -0.0708. The van der Waals surface area contributed by atoms with Gasteiger partial charge >= 0.3 is 0 Å². The average Bonchev–Trinajstić information content (AvgIpc) is 3.93. The van der Waals surface area contributed by atoms with Crippen molar-refractivity contribution in [1.29, 1.82) is 0 Å². The van der Waals surface area contributed by atoms with Gasteiger partial charge in [0.2, 0.25) is 0 Å². The molecule has 0 spiro atoms. The summed E-state index contributed by atoms with van der Waals surface area (Å²) in [6.07, 6.45) is 1.92. The molecule has 286 valence electrons. The molecule has 0 fully saturated rings. The van der Waals surface area contributed by atoms with E-state index in [-0.39, 0.29) is 11.3 Å². The topological polar surface area (TPSA) is 13.1 Å². The summed E-state index contributed by atoms with van der Waals surface area (Å²) in [7, 11) is 0. The molecule has 1 unspecified atom stereocenters. The molecular weight excluding hydrogens is 745 g/mol. The molecule has 1 nitrogen and oxygen atoms in total. The van der Waals surface area contributed by atoms with Gasteiger partial charge < -0.3 is 4.42 Å². The van der Waals surface area contributed by atoms with Crippen LogP contribution >= 0.6 is 11.3 Å². The van der Waals surface area contributed by atoms with Gasteiger partial charge in [0.05, 0.1) is 0 Å². The number of aryl methyl sites for hydroxylation is 1. The van der Waals surface area contributed by atoms with E-state index in [9.17, 15) is 0 Å². The molecule has 0 radical (unpaired) electrons. The molecule has 2 heteroatoms. The van der Waals surface area contributed by atoms with E-state index in [1.54, 1.807) is 0 Å². The molecule has 0 N–H and O–H groups in total. The molecule has 12 rings (SSSR count). The lowest BCUT2D eigenvalue weighted by atomic mass is 9.80. The molecule has 1 aliphatic carbocycles. The van der Waals surface area contributed by atoms with Crippen LogP contribution in [0, 0.1) is 0 Å². The van der Waals surface area contributed by atoms with Gasteiger partial charge in [0, 0.05) is 42.3 Å². The molecule has 2 heterocycles. The van der Waals surface area contributed by atoms with Gasteiger partial charge in [-0.2, -0.15) is 0 Å². The standard InChI is InChI=1S/C58H42OS/c1-58(2)52-26-21-39(37-11-4-3-5-12-37)32-47(52)48-33-40(22-27-53(48)58)43(41-24-30-57-51(35-41)46-16-8-9-18-56(46)60-57)25-19-36-20-28-54-49(31-36)50-34-42(23-29-55(50)59-54)45-17-10-14-38-13-6-7-15-44(38)45/h3-18,20-24,26-35,43H,19,25H2,1-2H3. The van der Waals surface area contributed by atoms with Crippen molar-refractivity contribution in [3.8, 4) is 33.4 Å². The Morgan fingerprint density at radius 1 is 0.450 bits per heavy atom. The monoisotopic (exact) mass is 786 g/mol. The number of hydrogen-bond acceptors (Lipinski definition) is 2. The SMILES string of the molecule is CC1(C)c2ccc(-c3ccccc3)cc2-c2cc(C(CCc3ccc4oc5ccc(-c6cccc7ccccc67)cc5c4c3)c3ccc4sc5ccccc5c4c3)ccc21. The van der Waals surface area contributed by atoms with E-state index in [4.69, 9.17) is 4.42 Å². The van der Waals surface area contributed by atoms with Crippen LogP contribution < -0.4 is 0 Å². The molecule has 1 atom stereocenters. The number of thiophene rings is 1. The maximum Gasteiger partial charge on any atom is 0.135 e. The predicted molar refractivity (Wildman–Crippen MR) is 256 cm³/mol. The molecule has 0 aliphatic heterocycles. The zero-order valence-corrected chi connectivity index (χ0v) is 34.5. The molecule has 11 aromatic rings. The van der Waals surface area contributed by atoms with Crippen LogP contribution in [0.1, 0.15) is 54.0 Å². The van der Waals surface area contributed by atoms with Gasteiger partial charge in [0.15, 0.2) is 0 Å². The van der Waals surface area contributed by atoms with Crippen molar-refractivity contribution in [2.75, 3.05) is 0 Å². The molecular formula is C58H42OS. The van der Waals surface area contributed by atoms with Gasteiger partial charge in [0.1, 0.15) is 11.2 Å². The van der Waals surface area contributed by atoms with E-state index >= 15 is 0 Å². The van der Waals surface area contributed by atoms with Gasteiger partial charge in [-0.3, -0.25) is 0 Å². The molecule has 60 heavy (non-hydrogen) atoms. The minimum Gasteiger partial charge on any atom is -0.456 e. The number of furan rings is 1. The fourth-order valence-corrected chi connectivity index (χ4v) is 11.3. The van der Waals surface area contributed by atoms with Crippen LogP contribution in [-0.4, -0.2) is 0 Å². The second kappa shape index (κ2) is 13.7. The summed E-state index contributed by atoms with van der Waals surface area (Å²) in [6.45, 7) is 4.76. The van der Waals surface area contributed by atoms with E-state index in [1.165, 1.54) is 103 Å². The Labute approximate surface area is 354 Å². The first-order valence-corrected chi connectivity index (χ1v) is 22.0. The summed E-state index contributed by atoms with van der Waals surface area (Å²) >= 11 is 1.89. The van der Waals surface area contributed by atoms with Crippen LogP contribution in [0.5, 0.6) is 0 Å². The van der Waals surface area contributed by atoms with Gasteiger partial charge in [-0.15, -0.1) is 11.3 Å². The third kappa shape index (κ3) is 5.66. The molecule has 2 aromatic heterocycles. The summed E-state index contributed by atoms with van der Waals surface area (Å²) in [6, 6.07) is 70.1. The number of hydrogen-bond donors (Lipinski definition) is 0. The van der Waals surface area contributed by atoms with Crippen molar-refractivity contribution in [3.05, 3.63) is 216 Å². The Hall–Kier alpha value is -6.74. The van der Waals surface area contributed by atoms with E-state index in [0.29, 0.717) is 0 Å². The van der Waals surface area contributed by atoms with Crippen LogP contribution in [0.3, 0.4) is 0 Å². The Balaban J connectivity index is 0.955. The second-order valence-corrected chi connectivity index (χ2v) is 18.3. The maximum atomic E-state index is 6.44. The lowest BCUT2D eigenvalue weighted by Crippen LogP contribution is -2.15. The van der Waals surface area contributed by atoms with Crippen LogP contribution in [0.2, 0.25) is 0 Å². The van der Waals surface area contributed by atoms with Crippen LogP contribution in [0.15, 0.2) is 192 Å². The van der Waals surface area contributed by atoms with Crippen molar-refractivity contribution in [1.82, 2.24) is 0 Å². The zero-order valence-electron chi connectivity index (χ0n) is 33.7. The molecule has 1 aliphatic rings. The normalized spacial score (nSPS) is 13.7. The van der Waals surface area contributed by atoms with Crippen molar-refractivity contribution in [3.63, 3.8) is 0 Å². The summed E-state index contributed by atoms with van der Waals surface area (Å²) in [5.41, 5.74) is 16.4. The highest BCUT2D eigenvalue weighted by atomic mass is 32.1. The fraction of sp³-hybridized carbons (Fsp3) is 0.103. The highest BCUT2D eigenvalue weighted by Crippen LogP contribution is 2.51. The first-order chi connectivity index (χ1) is 29.5. The van der Waals surface area contributed by atoms with Crippen LogP contribution in [0.4, 0.5) is 0 Å². The average molecular weight is 787 g/mol. The zero-order chi connectivity index (χ0) is 40.0. The highest BCUT2D eigenvalue weighted by molar-refractivity contribution is 7.25. The van der Waals surface area contributed by atoms with Gasteiger partial charge in [-0.05, 0) is 133 Å². The minimum absolute atomic E-state index is 0.0708. The fourth-order valence-electron chi connectivity index (χ4n) is 10.2. The summed E-state index contributed by atoms with van der Waals surface area (Å²) in [5, 5.41) is 7.56. The van der Waals surface area contributed by atoms with E-state index < -0.39 is 0 Å². The van der Waals surface area contributed by atoms with Crippen molar-refractivity contribution >= 4 is 64.2 Å². The molecule has 0 saturated carbocycles. The van der Waals surface area contributed by atoms with Gasteiger partial charge in [0.25, 0.3) is 0 Å². The third-order valence-electron chi connectivity index (χ3n) is 13.4. The first-order valence-electron chi connectivity index (χ1n) is 21.2. The molecule has 0 saturated heterocycles. The van der Waals surface area contributed by atoms with Crippen molar-refractivity contribution in [2.45, 2.75) is 38.0 Å². The summed E-state index contributed by atoms with van der Waals surface area (Å²) in [5.74, 6) is 0.206. The molecule has 0 amide bonds. The Morgan fingerprint density at radius 3 is 2.00 bits per heavy atom. The van der Waals surface area contributed by atoms with Crippen molar-refractivity contribution < 1.29 is 4.42 Å². The highest BCUT2D eigenvalue weighted by Gasteiger charge is 2.36. The van der Waals surface area contributed by atoms with Crippen molar-refractivity contribution in [2.24, 2.45) is 0 Å². The van der Waals surface area contributed by atoms with Gasteiger partial charge in [-0.25, -0.2) is 0 Å². The van der Waals surface area contributed by atoms with E-state index in [0.717, 1.165) is 24.0 Å². The summed E-state index contributed by atoms with van der Waals surface area (Å²) < 4.78 is 9.13. The third-order valence-corrected chi connectivity index (χ3v) is 14.5. The number of fused-ring (bicyclic) bond motifs is 10. The number of benzene rings is 9. The van der Waals surface area contributed by atoms with Gasteiger partial charge in [-0.1, -0.05) is 153 Å². The lowest BCUT2D eigenvalue weighted by Gasteiger charge is -2.23. The maximum absolute atomic E-state index is 6.44. The molecule has 0 bridgehead atoms. The first kappa shape index (κ1) is 35.2. The Bertz CT molecular complexity index is 3470. The van der Waals surface area contributed by atoms with E-state index in [2.05, 4.69) is 202 Å².